The van der Waals surface area contributed by atoms with E-state index in [9.17, 15) is 52.7 Å². The topological polar surface area (TPSA) is 53.9 Å². The van der Waals surface area contributed by atoms with Gasteiger partial charge in [-0.2, -0.15) is 57.8 Å². The van der Waals surface area contributed by atoms with Crippen LogP contribution in [0.5, 0.6) is 0 Å². The number of nitrogens with zero attached hydrogens (tertiary/aromatic N) is 1. The number of hydrogen-bond donors (Lipinski definition) is 2. The van der Waals surface area contributed by atoms with Crippen LogP contribution in [0.4, 0.5) is 52.7 Å². The number of hydrazone groups is 1. The first kappa shape index (κ1) is 22.6. The molecule has 0 aromatic rings. The van der Waals surface area contributed by atoms with E-state index in [0.717, 1.165) is 0 Å². The number of hydrogen-bond acceptors (Lipinski definition) is 4. The number of nitrogens with one attached hydrogen (secondary N) is 1. The van der Waals surface area contributed by atoms with Crippen LogP contribution < -0.4 is 5.43 Å². The Balaban J connectivity index is 6.15. The standard InChI is InChI=1S/C8H6F12N2O2/c9-4(10,11)3(5(12,13)14)21-22-6(7(15,16)17,8(18,19)20)24-2-1-23/h22-23H,1-2H2. The molecule has 0 heterocycles. The summed E-state index contributed by atoms with van der Waals surface area (Å²) in [6, 6.07) is 0. The molecule has 0 aromatic carbocycles. The summed E-state index contributed by atoms with van der Waals surface area (Å²) in [5, 5.41) is 9.41. The van der Waals surface area contributed by atoms with Crippen LogP contribution in [0.1, 0.15) is 0 Å². The second-order valence-electron chi connectivity index (χ2n) is 3.82. The van der Waals surface area contributed by atoms with Crippen molar-refractivity contribution in [3.63, 3.8) is 0 Å². The van der Waals surface area contributed by atoms with E-state index < -0.39 is 49.4 Å². The molecule has 2 N–H and O–H groups in total. The van der Waals surface area contributed by atoms with Crippen molar-refractivity contribution >= 4 is 5.71 Å². The van der Waals surface area contributed by atoms with Gasteiger partial charge in [0.2, 0.25) is 5.71 Å². The Morgan fingerprint density at radius 3 is 1.42 bits per heavy atom. The fourth-order valence-corrected chi connectivity index (χ4v) is 1.10. The Labute approximate surface area is 124 Å². The molecule has 0 spiro atoms. The van der Waals surface area contributed by atoms with Gasteiger partial charge in [0.15, 0.2) is 0 Å². The number of aliphatic hydroxyl groups is 1. The summed E-state index contributed by atoms with van der Waals surface area (Å²) in [6.45, 7) is -3.18. The number of ether oxygens (including phenoxy) is 1. The van der Waals surface area contributed by atoms with Crippen molar-refractivity contribution in [2.24, 2.45) is 5.10 Å². The van der Waals surface area contributed by atoms with Crippen LogP contribution in [0, 0.1) is 0 Å². The molecule has 0 radical (unpaired) electrons. The van der Waals surface area contributed by atoms with Gasteiger partial charge in [-0.05, 0) is 0 Å². The van der Waals surface area contributed by atoms with Crippen LogP contribution in [-0.2, 0) is 4.74 Å². The molecule has 0 aromatic heterocycles. The van der Waals surface area contributed by atoms with Crippen molar-refractivity contribution < 1.29 is 62.5 Å². The zero-order valence-electron chi connectivity index (χ0n) is 10.8. The molecule has 0 aliphatic rings. The zero-order valence-corrected chi connectivity index (χ0v) is 10.8. The Kier molecular flexibility index (Phi) is 6.40. The van der Waals surface area contributed by atoms with Crippen LogP contribution in [0.25, 0.3) is 0 Å². The summed E-state index contributed by atoms with van der Waals surface area (Å²) in [6.07, 6.45) is -26.0. The zero-order chi connectivity index (χ0) is 19.6. The number of halogens is 12. The van der Waals surface area contributed by atoms with Gasteiger partial charge in [0.25, 0.3) is 0 Å². The van der Waals surface area contributed by atoms with E-state index in [1.165, 1.54) is 5.10 Å². The predicted molar refractivity (Wildman–Crippen MR) is 50.6 cm³/mol. The second-order valence-corrected chi connectivity index (χ2v) is 3.82. The third-order valence-electron chi connectivity index (χ3n) is 2.07. The molecule has 0 aliphatic heterocycles. The van der Waals surface area contributed by atoms with Crippen LogP contribution in [0.15, 0.2) is 5.10 Å². The highest BCUT2D eigenvalue weighted by Gasteiger charge is 2.74. The summed E-state index contributed by atoms with van der Waals surface area (Å²) in [5.41, 5.74) is -9.88. The van der Waals surface area contributed by atoms with E-state index in [0.29, 0.717) is 0 Å². The molecular weight excluding hydrogens is 384 g/mol. The molecule has 16 heteroatoms. The Morgan fingerprint density at radius 1 is 0.792 bits per heavy atom. The molecule has 0 saturated heterocycles. The average Bonchev–Trinajstić information content (AvgIpc) is 2.26. The SMILES string of the molecule is OCCOC(NN=C(C(F)(F)F)C(F)(F)F)(C(F)(F)F)C(F)(F)F. The Morgan fingerprint density at radius 2 is 1.17 bits per heavy atom. The van der Waals surface area contributed by atoms with Crippen molar-refractivity contribution in [3.8, 4) is 0 Å². The van der Waals surface area contributed by atoms with Gasteiger partial charge in [-0.15, -0.1) is 0 Å². The van der Waals surface area contributed by atoms with Crippen LogP contribution in [0.2, 0.25) is 0 Å². The Hall–Kier alpha value is -1.45. The monoisotopic (exact) mass is 390 g/mol. The van der Waals surface area contributed by atoms with Gasteiger partial charge in [-0.25, -0.2) is 0 Å². The lowest BCUT2D eigenvalue weighted by molar-refractivity contribution is -0.393. The van der Waals surface area contributed by atoms with Gasteiger partial charge in [-0.3, -0.25) is 5.43 Å². The van der Waals surface area contributed by atoms with Crippen LogP contribution in [0.3, 0.4) is 0 Å². The van der Waals surface area contributed by atoms with E-state index in [1.54, 1.807) is 0 Å². The number of rotatable bonds is 5. The molecule has 0 aliphatic carbocycles. The third-order valence-corrected chi connectivity index (χ3v) is 2.07. The largest absolute Gasteiger partial charge is 0.447 e. The summed E-state index contributed by atoms with van der Waals surface area (Å²) in [4.78, 5) is 0. The van der Waals surface area contributed by atoms with Gasteiger partial charge in [0.05, 0.1) is 13.2 Å². The molecule has 0 fully saturated rings. The molecule has 24 heavy (non-hydrogen) atoms. The van der Waals surface area contributed by atoms with E-state index in [1.807, 2.05) is 0 Å². The van der Waals surface area contributed by atoms with Gasteiger partial charge in [-0.1, -0.05) is 0 Å². The molecule has 0 saturated carbocycles. The molecule has 0 amide bonds. The highest BCUT2D eigenvalue weighted by Crippen LogP contribution is 2.44. The molecule has 0 unspecified atom stereocenters. The molecule has 144 valence electrons. The molecule has 0 rings (SSSR count). The normalized spacial score (nSPS) is 14.5. The quantitative estimate of drug-likeness (QED) is 0.329. The first-order chi connectivity index (χ1) is 10.4. The minimum absolute atomic E-state index is 0.274. The summed E-state index contributed by atoms with van der Waals surface area (Å²) in [5.74, 6) is 0. The smallest absolute Gasteiger partial charge is 0.394 e. The molecule has 0 atom stereocenters. The van der Waals surface area contributed by atoms with Gasteiger partial charge in [0.1, 0.15) is 0 Å². The highest BCUT2D eigenvalue weighted by atomic mass is 19.4. The Bertz CT molecular complexity index is 416. The van der Waals surface area contributed by atoms with E-state index in [-0.39, 0.29) is 5.43 Å². The van der Waals surface area contributed by atoms with Gasteiger partial charge < -0.3 is 9.84 Å². The fourth-order valence-electron chi connectivity index (χ4n) is 1.10. The van der Waals surface area contributed by atoms with E-state index >= 15 is 0 Å². The van der Waals surface area contributed by atoms with Gasteiger partial charge in [0, 0.05) is 0 Å². The summed E-state index contributed by atoms with van der Waals surface area (Å²) in [7, 11) is 0. The molecule has 4 nitrogen and oxygen atoms in total. The highest BCUT2D eigenvalue weighted by molar-refractivity contribution is 5.94. The maximum Gasteiger partial charge on any atom is 0.447 e. The number of aliphatic hydroxyl groups excluding tert-OH is 1. The predicted octanol–water partition coefficient (Wildman–Crippen LogP) is 2.89. The lowest BCUT2D eigenvalue weighted by atomic mass is 10.2. The minimum atomic E-state index is -6.58. The first-order valence-electron chi connectivity index (χ1n) is 5.27. The van der Waals surface area contributed by atoms with Crippen molar-refractivity contribution in [2.45, 2.75) is 30.4 Å². The number of alkyl halides is 12. The molecular formula is C8H6F12N2O2. The third kappa shape index (κ3) is 5.02. The van der Waals surface area contributed by atoms with Crippen LogP contribution in [-0.4, -0.2) is 54.5 Å². The summed E-state index contributed by atoms with van der Waals surface area (Å²) >= 11 is 0. The average molecular weight is 390 g/mol. The van der Waals surface area contributed by atoms with Gasteiger partial charge >= 0.3 is 30.4 Å². The lowest BCUT2D eigenvalue weighted by Crippen LogP contribution is -2.67. The fraction of sp³-hybridized carbons (Fsp3) is 0.875. The molecule has 0 bridgehead atoms. The maximum atomic E-state index is 12.6. The minimum Gasteiger partial charge on any atom is -0.394 e. The van der Waals surface area contributed by atoms with Crippen molar-refractivity contribution in [1.29, 1.82) is 0 Å². The summed E-state index contributed by atoms with van der Waals surface area (Å²) < 4.78 is 152. The van der Waals surface area contributed by atoms with Crippen LogP contribution >= 0.6 is 0 Å². The van der Waals surface area contributed by atoms with E-state index in [2.05, 4.69) is 4.74 Å². The van der Waals surface area contributed by atoms with E-state index in [4.69, 9.17) is 5.11 Å². The van der Waals surface area contributed by atoms with Crippen molar-refractivity contribution in [3.05, 3.63) is 0 Å². The van der Waals surface area contributed by atoms with Crippen molar-refractivity contribution in [1.82, 2.24) is 5.43 Å². The lowest BCUT2D eigenvalue weighted by Gasteiger charge is -2.36. The maximum absolute atomic E-state index is 12.6. The van der Waals surface area contributed by atoms with Crippen molar-refractivity contribution in [2.75, 3.05) is 13.2 Å². The first-order valence-corrected chi connectivity index (χ1v) is 5.27. The second kappa shape index (κ2) is 6.81.